The van der Waals surface area contributed by atoms with Crippen molar-refractivity contribution in [2.45, 2.75) is 31.7 Å². The topological polar surface area (TPSA) is 26.0 Å². The number of allylic oxidation sites excluding steroid dienone is 2. The molecular formula is C10H16ClN. The van der Waals surface area contributed by atoms with Crippen molar-refractivity contribution in [3.63, 3.8) is 0 Å². The molecule has 2 N–H and O–H groups in total. The van der Waals surface area contributed by atoms with Crippen LogP contribution in [0.5, 0.6) is 0 Å². The van der Waals surface area contributed by atoms with Crippen molar-refractivity contribution in [2.75, 3.05) is 0 Å². The van der Waals surface area contributed by atoms with Crippen molar-refractivity contribution in [3.8, 4) is 0 Å². The minimum absolute atomic E-state index is 0.0186. The monoisotopic (exact) mass is 185 g/mol. The maximum Gasteiger partial charge on any atom is 0.0863 e. The van der Waals surface area contributed by atoms with Gasteiger partial charge in [-0.1, -0.05) is 45.1 Å². The molecule has 0 saturated heterocycles. The average molecular weight is 186 g/mol. The maximum atomic E-state index is 6.44. The van der Waals surface area contributed by atoms with Crippen LogP contribution in [0.15, 0.2) is 24.3 Å². The Morgan fingerprint density at radius 2 is 1.92 bits per heavy atom. The van der Waals surface area contributed by atoms with E-state index in [0.717, 1.165) is 0 Å². The molecular weight excluding hydrogens is 170 g/mol. The molecule has 12 heavy (non-hydrogen) atoms. The van der Waals surface area contributed by atoms with Gasteiger partial charge in [-0.15, -0.1) is 11.6 Å². The summed E-state index contributed by atoms with van der Waals surface area (Å²) in [7, 11) is 0. The lowest BCUT2D eigenvalue weighted by Crippen LogP contribution is -2.50. The lowest BCUT2D eigenvalue weighted by Gasteiger charge is -2.41. The molecule has 0 fully saturated rings. The molecule has 0 spiro atoms. The van der Waals surface area contributed by atoms with E-state index in [9.17, 15) is 0 Å². The first-order valence-corrected chi connectivity index (χ1v) is 4.56. The molecule has 2 heteroatoms. The van der Waals surface area contributed by atoms with E-state index in [-0.39, 0.29) is 11.5 Å². The Morgan fingerprint density at radius 1 is 1.33 bits per heavy atom. The van der Waals surface area contributed by atoms with Gasteiger partial charge in [0.05, 0.1) is 4.87 Å². The number of halogens is 1. The molecule has 0 aromatic heterocycles. The van der Waals surface area contributed by atoms with Crippen LogP contribution in [0.3, 0.4) is 0 Å². The van der Waals surface area contributed by atoms with E-state index in [1.54, 1.807) is 0 Å². The lowest BCUT2D eigenvalue weighted by molar-refractivity contribution is 0.299. The van der Waals surface area contributed by atoms with Crippen molar-refractivity contribution in [1.29, 1.82) is 0 Å². The lowest BCUT2D eigenvalue weighted by atomic mass is 9.74. The molecule has 0 aromatic carbocycles. The molecule has 0 aromatic rings. The van der Waals surface area contributed by atoms with Gasteiger partial charge in [0.2, 0.25) is 0 Å². The highest BCUT2D eigenvalue weighted by molar-refractivity contribution is 6.26. The fourth-order valence-corrected chi connectivity index (χ4v) is 1.53. The molecule has 68 valence electrons. The predicted octanol–water partition coefficient (Wildman–Crippen LogP) is 2.46. The van der Waals surface area contributed by atoms with Crippen LogP contribution in [0.25, 0.3) is 0 Å². The summed E-state index contributed by atoms with van der Waals surface area (Å²) in [5.41, 5.74) is 5.91. The minimum atomic E-state index is -0.443. The van der Waals surface area contributed by atoms with E-state index < -0.39 is 4.87 Å². The molecule has 0 heterocycles. The fraction of sp³-hybridized carbons (Fsp3) is 0.600. The Labute approximate surface area is 79.3 Å². The first-order chi connectivity index (χ1) is 5.38. The Morgan fingerprint density at radius 3 is 2.25 bits per heavy atom. The molecule has 0 amide bonds. The highest BCUT2D eigenvalue weighted by atomic mass is 35.5. The van der Waals surface area contributed by atoms with Gasteiger partial charge in [0, 0.05) is 6.04 Å². The molecule has 0 radical (unpaired) electrons. The fourth-order valence-electron chi connectivity index (χ4n) is 1.38. The number of hydrogen-bond acceptors (Lipinski definition) is 1. The second-order valence-corrected chi connectivity index (χ2v) is 4.91. The number of hydrogen-bond donors (Lipinski definition) is 1. The summed E-state index contributed by atoms with van der Waals surface area (Å²) < 4.78 is 0. The molecule has 1 aliphatic carbocycles. The van der Waals surface area contributed by atoms with E-state index in [4.69, 9.17) is 17.3 Å². The van der Waals surface area contributed by atoms with Gasteiger partial charge in [0.25, 0.3) is 0 Å². The summed E-state index contributed by atoms with van der Waals surface area (Å²) in [6.45, 7) is 6.30. The Balaban J connectivity index is 2.99. The van der Waals surface area contributed by atoms with Gasteiger partial charge in [-0.2, -0.15) is 0 Å². The Hall–Kier alpha value is -0.270. The van der Waals surface area contributed by atoms with Crippen LogP contribution in [0.1, 0.15) is 20.8 Å². The molecule has 0 aliphatic heterocycles. The summed E-state index contributed by atoms with van der Waals surface area (Å²) in [5, 5.41) is 0. The summed E-state index contributed by atoms with van der Waals surface area (Å²) in [6.07, 6.45) is 7.83. The Bertz CT molecular complexity index is 224. The third-order valence-corrected chi connectivity index (χ3v) is 3.35. The minimum Gasteiger partial charge on any atom is -0.323 e. The van der Waals surface area contributed by atoms with Crippen LogP contribution < -0.4 is 5.73 Å². The van der Waals surface area contributed by atoms with Crippen molar-refractivity contribution in [2.24, 2.45) is 11.1 Å². The van der Waals surface area contributed by atoms with Crippen LogP contribution >= 0.6 is 11.6 Å². The van der Waals surface area contributed by atoms with Crippen molar-refractivity contribution >= 4 is 11.6 Å². The van der Waals surface area contributed by atoms with Crippen LogP contribution in [-0.4, -0.2) is 10.9 Å². The van der Waals surface area contributed by atoms with Gasteiger partial charge in [0.1, 0.15) is 0 Å². The quantitative estimate of drug-likeness (QED) is 0.577. The average Bonchev–Trinajstić information content (AvgIpc) is 1.93. The van der Waals surface area contributed by atoms with Gasteiger partial charge in [0.15, 0.2) is 0 Å². The first kappa shape index (κ1) is 9.82. The Kier molecular flexibility index (Phi) is 2.37. The summed E-state index contributed by atoms with van der Waals surface area (Å²) in [4.78, 5) is -0.443. The molecule has 1 aliphatic rings. The zero-order valence-electron chi connectivity index (χ0n) is 7.84. The molecule has 0 saturated carbocycles. The van der Waals surface area contributed by atoms with Crippen LogP contribution in [0.2, 0.25) is 0 Å². The van der Waals surface area contributed by atoms with Crippen LogP contribution in [-0.2, 0) is 0 Å². The SMILES string of the molecule is CC(C)(C)C1(Cl)C=CC=CC1N. The van der Waals surface area contributed by atoms with Gasteiger partial charge in [-0.25, -0.2) is 0 Å². The first-order valence-electron chi connectivity index (χ1n) is 4.18. The number of nitrogens with two attached hydrogens (primary N) is 1. The van der Waals surface area contributed by atoms with E-state index in [2.05, 4.69) is 20.8 Å². The van der Waals surface area contributed by atoms with E-state index in [1.807, 2.05) is 24.3 Å². The van der Waals surface area contributed by atoms with Gasteiger partial charge < -0.3 is 5.73 Å². The number of alkyl halides is 1. The summed E-state index contributed by atoms with van der Waals surface area (Å²) in [5.74, 6) is 0. The van der Waals surface area contributed by atoms with Crippen LogP contribution in [0, 0.1) is 5.41 Å². The van der Waals surface area contributed by atoms with Crippen molar-refractivity contribution in [1.82, 2.24) is 0 Å². The van der Waals surface area contributed by atoms with Crippen molar-refractivity contribution in [3.05, 3.63) is 24.3 Å². The molecule has 1 rings (SSSR count). The zero-order valence-corrected chi connectivity index (χ0v) is 8.60. The van der Waals surface area contributed by atoms with E-state index >= 15 is 0 Å². The predicted molar refractivity (Wildman–Crippen MR) is 54.3 cm³/mol. The molecule has 2 atom stereocenters. The number of rotatable bonds is 0. The highest BCUT2D eigenvalue weighted by Crippen LogP contribution is 2.41. The van der Waals surface area contributed by atoms with E-state index in [0.29, 0.717) is 0 Å². The van der Waals surface area contributed by atoms with Gasteiger partial charge in [-0.3, -0.25) is 0 Å². The summed E-state index contributed by atoms with van der Waals surface area (Å²) in [6, 6.07) is -0.0934. The maximum absolute atomic E-state index is 6.44. The van der Waals surface area contributed by atoms with Crippen molar-refractivity contribution < 1.29 is 0 Å². The second-order valence-electron chi connectivity index (χ2n) is 4.29. The van der Waals surface area contributed by atoms with Gasteiger partial charge >= 0.3 is 0 Å². The summed E-state index contributed by atoms with van der Waals surface area (Å²) >= 11 is 6.44. The molecule has 1 nitrogen and oxygen atoms in total. The zero-order chi connectivity index (χ0) is 9.41. The normalized spacial score (nSPS) is 35.6. The van der Waals surface area contributed by atoms with E-state index in [1.165, 1.54) is 0 Å². The third kappa shape index (κ3) is 1.44. The molecule has 2 unspecified atom stereocenters. The standard InChI is InChI=1S/C10H16ClN/c1-9(2,3)10(11)7-5-4-6-8(10)12/h4-8H,12H2,1-3H3. The smallest absolute Gasteiger partial charge is 0.0863 e. The van der Waals surface area contributed by atoms with Gasteiger partial charge in [-0.05, 0) is 5.41 Å². The highest BCUT2D eigenvalue weighted by Gasteiger charge is 2.42. The van der Waals surface area contributed by atoms with Crippen LogP contribution in [0.4, 0.5) is 0 Å². The molecule has 0 bridgehead atoms. The largest absolute Gasteiger partial charge is 0.323 e. The third-order valence-electron chi connectivity index (χ3n) is 2.40. The second kappa shape index (κ2) is 2.90.